The number of carbonyl (C=O) groups is 2. The molecule has 12 heavy (non-hydrogen) atoms. The SMILES string of the molecule is NC(=O)c1ncn(C(N)=O)c1N. The lowest BCUT2D eigenvalue weighted by atomic mass is 10.4. The van der Waals surface area contributed by atoms with Crippen molar-refractivity contribution in [2.45, 2.75) is 0 Å². The number of hydrogen-bond donors (Lipinski definition) is 3. The van der Waals surface area contributed by atoms with Gasteiger partial charge in [-0.2, -0.15) is 0 Å². The molecule has 6 N–H and O–H groups in total. The molecule has 0 spiro atoms. The van der Waals surface area contributed by atoms with Crippen LogP contribution in [-0.4, -0.2) is 21.5 Å². The molecule has 2 amide bonds. The van der Waals surface area contributed by atoms with Crippen LogP contribution in [0.2, 0.25) is 0 Å². The molecule has 1 heterocycles. The fraction of sp³-hybridized carbons (Fsp3) is 0. The first-order valence-corrected chi connectivity index (χ1v) is 2.96. The minimum absolute atomic E-state index is 0.144. The Morgan fingerprint density at radius 2 is 2.00 bits per heavy atom. The van der Waals surface area contributed by atoms with Gasteiger partial charge in [-0.3, -0.25) is 4.79 Å². The molecule has 64 valence electrons. The molecule has 7 nitrogen and oxygen atoms in total. The summed E-state index contributed by atoms with van der Waals surface area (Å²) in [7, 11) is 0. The summed E-state index contributed by atoms with van der Waals surface area (Å²) in [5.41, 5.74) is 14.9. The number of imidazole rings is 1. The number of nitrogens with two attached hydrogens (primary N) is 3. The summed E-state index contributed by atoms with van der Waals surface area (Å²) >= 11 is 0. The summed E-state index contributed by atoms with van der Waals surface area (Å²) in [5.74, 6) is -0.942. The Balaban J connectivity index is 3.22. The van der Waals surface area contributed by atoms with Crippen molar-refractivity contribution in [3.8, 4) is 0 Å². The predicted molar refractivity (Wildman–Crippen MR) is 40.1 cm³/mol. The molecule has 7 heteroatoms. The van der Waals surface area contributed by atoms with E-state index < -0.39 is 11.9 Å². The lowest BCUT2D eigenvalue weighted by Gasteiger charge is -1.96. The van der Waals surface area contributed by atoms with E-state index in [4.69, 9.17) is 17.2 Å². The van der Waals surface area contributed by atoms with Crippen molar-refractivity contribution < 1.29 is 9.59 Å². The maximum atomic E-state index is 10.6. The molecule has 0 radical (unpaired) electrons. The topological polar surface area (TPSA) is 130 Å². The molecule has 0 bridgehead atoms. The van der Waals surface area contributed by atoms with Gasteiger partial charge in [-0.05, 0) is 0 Å². The molecule has 0 atom stereocenters. The Kier molecular flexibility index (Phi) is 1.70. The van der Waals surface area contributed by atoms with Crippen LogP contribution in [0.4, 0.5) is 10.6 Å². The molecule has 0 saturated carbocycles. The number of nitrogen functional groups attached to an aromatic ring is 1. The summed E-state index contributed by atoms with van der Waals surface area (Å²) in [6.07, 6.45) is 1.04. The maximum Gasteiger partial charge on any atom is 0.325 e. The minimum atomic E-state index is -0.812. The molecule has 0 unspecified atom stereocenters. The molecule has 0 saturated heterocycles. The van der Waals surface area contributed by atoms with E-state index >= 15 is 0 Å². The number of amides is 2. The Hall–Kier alpha value is -2.05. The maximum absolute atomic E-state index is 10.6. The minimum Gasteiger partial charge on any atom is -0.383 e. The number of nitrogens with zero attached hydrogens (tertiary/aromatic N) is 2. The van der Waals surface area contributed by atoms with Crippen LogP contribution in [-0.2, 0) is 0 Å². The van der Waals surface area contributed by atoms with E-state index in [-0.39, 0.29) is 11.5 Å². The van der Waals surface area contributed by atoms with E-state index in [0.29, 0.717) is 0 Å². The van der Waals surface area contributed by atoms with Gasteiger partial charge in [0.25, 0.3) is 5.91 Å². The highest BCUT2D eigenvalue weighted by atomic mass is 16.2. The van der Waals surface area contributed by atoms with Gasteiger partial charge in [-0.1, -0.05) is 0 Å². The zero-order chi connectivity index (χ0) is 9.30. The smallest absolute Gasteiger partial charge is 0.325 e. The second kappa shape index (κ2) is 2.53. The number of aromatic nitrogens is 2. The number of anilines is 1. The van der Waals surface area contributed by atoms with E-state index in [1.54, 1.807) is 0 Å². The van der Waals surface area contributed by atoms with Crippen LogP contribution >= 0.6 is 0 Å². The van der Waals surface area contributed by atoms with Gasteiger partial charge in [0, 0.05) is 0 Å². The highest BCUT2D eigenvalue weighted by Gasteiger charge is 2.14. The zero-order valence-electron chi connectivity index (χ0n) is 6.02. The Morgan fingerprint density at radius 1 is 1.42 bits per heavy atom. The summed E-state index contributed by atoms with van der Waals surface area (Å²) in [6, 6.07) is -0.812. The highest BCUT2D eigenvalue weighted by Crippen LogP contribution is 2.07. The lowest BCUT2D eigenvalue weighted by Crippen LogP contribution is -2.21. The third-order valence-corrected chi connectivity index (χ3v) is 1.28. The van der Waals surface area contributed by atoms with Gasteiger partial charge in [-0.15, -0.1) is 0 Å². The summed E-state index contributed by atoms with van der Waals surface area (Å²) in [5, 5.41) is 0. The fourth-order valence-corrected chi connectivity index (χ4v) is 0.723. The normalized spacial score (nSPS) is 9.67. The average Bonchev–Trinajstić information content (AvgIpc) is 2.30. The molecule has 0 aliphatic carbocycles. The van der Waals surface area contributed by atoms with Crippen molar-refractivity contribution in [1.82, 2.24) is 9.55 Å². The first-order chi connectivity index (χ1) is 5.54. The molecule has 0 aromatic carbocycles. The van der Waals surface area contributed by atoms with E-state index in [1.165, 1.54) is 0 Å². The third kappa shape index (κ3) is 1.07. The van der Waals surface area contributed by atoms with Crippen LogP contribution in [0.15, 0.2) is 6.33 Å². The molecule has 0 aliphatic rings. The first-order valence-electron chi connectivity index (χ1n) is 2.96. The van der Waals surface area contributed by atoms with Crippen LogP contribution in [0.1, 0.15) is 10.5 Å². The molecule has 1 aromatic rings. The molecule has 1 aromatic heterocycles. The van der Waals surface area contributed by atoms with Gasteiger partial charge in [0.1, 0.15) is 12.1 Å². The molecule has 0 aliphatic heterocycles. The molecular formula is C5H7N5O2. The number of primary amides is 2. The van der Waals surface area contributed by atoms with Crippen LogP contribution in [0.3, 0.4) is 0 Å². The molecule has 1 rings (SSSR count). The van der Waals surface area contributed by atoms with Gasteiger partial charge in [0.05, 0.1) is 0 Å². The van der Waals surface area contributed by atoms with Crippen LogP contribution in [0.5, 0.6) is 0 Å². The van der Waals surface area contributed by atoms with Crippen molar-refractivity contribution >= 4 is 17.8 Å². The van der Waals surface area contributed by atoms with Crippen LogP contribution in [0.25, 0.3) is 0 Å². The third-order valence-electron chi connectivity index (χ3n) is 1.28. The highest BCUT2D eigenvalue weighted by molar-refractivity contribution is 5.97. The van der Waals surface area contributed by atoms with Gasteiger partial charge >= 0.3 is 6.03 Å². The summed E-state index contributed by atoms with van der Waals surface area (Å²) in [6.45, 7) is 0. The Labute approximate surface area is 67.1 Å². The molecule has 0 fully saturated rings. The summed E-state index contributed by atoms with van der Waals surface area (Å²) in [4.78, 5) is 24.6. The van der Waals surface area contributed by atoms with E-state index in [2.05, 4.69) is 4.98 Å². The van der Waals surface area contributed by atoms with Gasteiger partial charge in [0.2, 0.25) is 0 Å². The predicted octanol–water partition coefficient (Wildman–Crippen LogP) is -1.51. The van der Waals surface area contributed by atoms with Gasteiger partial charge in [-0.25, -0.2) is 14.3 Å². The van der Waals surface area contributed by atoms with E-state index in [1.807, 2.05) is 0 Å². The largest absolute Gasteiger partial charge is 0.383 e. The van der Waals surface area contributed by atoms with Gasteiger partial charge < -0.3 is 17.2 Å². The average molecular weight is 169 g/mol. The van der Waals surface area contributed by atoms with Crippen molar-refractivity contribution in [2.24, 2.45) is 11.5 Å². The van der Waals surface area contributed by atoms with Crippen molar-refractivity contribution in [1.29, 1.82) is 0 Å². The summed E-state index contributed by atoms with van der Waals surface area (Å²) < 4.78 is 0.833. The monoisotopic (exact) mass is 169 g/mol. The Bertz CT molecular complexity index is 310. The standard InChI is InChI=1S/C5H7N5O2/c6-3-2(4(7)11)9-1-10(3)5(8)12/h1H,6H2,(H2,7,11)(H2,8,12). The second-order valence-corrected chi connectivity index (χ2v) is 2.05. The number of hydrogen-bond acceptors (Lipinski definition) is 4. The van der Waals surface area contributed by atoms with Gasteiger partial charge in [0.15, 0.2) is 5.69 Å². The van der Waals surface area contributed by atoms with E-state index in [9.17, 15) is 9.59 Å². The fourth-order valence-electron chi connectivity index (χ4n) is 0.723. The van der Waals surface area contributed by atoms with Crippen LogP contribution in [0, 0.1) is 0 Å². The van der Waals surface area contributed by atoms with Crippen molar-refractivity contribution in [2.75, 3.05) is 5.73 Å². The quantitative estimate of drug-likeness (QED) is 0.471. The lowest BCUT2D eigenvalue weighted by molar-refractivity contribution is 0.0997. The Morgan fingerprint density at radius 3 is 2.25 bits per heavy atom. The van der Waals surface area contributed by atoms with E-state index in [0.717, 1.165) is 10.9 Å². The van der Waals surface area contributed by atoms with Crippen LogP contribution < -0.4 is 17.2 Å². The number of carbonyl (C=O) groups excluding carboxylic acids is 2. The molecular weight excluding hydrogens is 162 g/mol. The van der Waals surface area contributed by atoms with Crippen molar-refractivity contribution in [3.05, 3.63) is 12.0 Å². The zero-order valence-corrected chi connectivity index (χ0v) is 6.02. The van der Waals surface area contributed by atoms with Crippen molar-refractivity contribution in [3.63, 3.8) is 0 Å². The second-order valence-electron chi connectivity index (χ2n) is 2.05. The first kappa shape index (κ1) is 8.05. The number of rotatable bonds is 1.